The van der Waals surface area contributed by atoms with Gasteiger partial charge in [0, 0.05) is 24.1 Å². The lowest BCUT2D eigenvalue weighted by Gasteiger charge is -2.00. The molecule has 0 aliphatic heterocycles. The van der Waals surface area contributed by atoms with E-state index < -0.39 is 6.10 Å². The molecule has 3 nitrogen and oxygen atoms in total. The molecule has 0 amide bonds. The van der Waals surface area contributed by atoms with E-state index in [1.165, 1.54) is 0 Å². The van der Waals surface area contributed by atoms with Crippen molar-refractivity contribution in [3.8, 4) is 0 Å². The van der Waals surface area contributed by atoms with Crippen molar-refractivity contribution in [1.29, 1.82) is 0 Å². The summed E-state index contributed by atoms with van der Waals surface area (Å²) in [5, 5.41) is 13.4. The van der Waals surface area contributed by atoms with Gasteiger partial charge in [0.25, 0.3) is 0 Å². The molecule has 1 aromatic rings. The number of hydrogen-bond donors (Lipinski definition) is 1. The van der Waals surface area contributed by atoms with Crippen molar-refractivity contribution in [2.75, 3.05) is 11.5 Å². The summed E-state index contributed by atoms with van der Waals surface area (Å²) >= 11 is 1.90. The van der Waals surface area contributed by atoms with E-state index in [-0.39, 0.29) is 0 Å². The van der Waals surface area contributed by atoms with Gasteiger partial charge >= 0.3 is 0 Å². The highest BCUT2D eigenvalue weighted by Gasteiger charge is 2.03. The monoisotopic (exact) mass is 200 g/mol. The van der Waals surface area contributed by atoms with Gasteiger partial charge in [-0.1, -0.05) is 6.92 Å². The second-order valence-electron chi connectivity index (χ2n) is 2.91. The van der Waals surface area contributed by atoms with E-state index in [9.17, 15) is 5.11 Å². The van der Waals surface area contributed by atoms with E-state index >= 15 is 0 Å². The highest BCUT2D eigenvalue weighted by atomic mass is 32.2. The quantitative estimate of drug-likeness (QED) is 0.735. The number of nitrogens with zero attached hydrogens (tertiary/aromatic N) is 2. The third kappa shape index (κ3) is 3.40. The minimum absolute atomic E-state index is 0.410. The Hall–Kier alpha value is -0.480. The predicted molar refractivity (Wildman–Crippen MR) is 55.9 cm³/mol. The maximum absolute atomic E-state index is 9.25. The van der Waals surface area contributed by atoms with Crippen LogP contribution in [0.5, 0.6) is 0 Å². The van der Waals surface area contributed by atoms with Gasteiger partial charge in [-0.25, -0.2) is 0 Å². The highest BCUT2D eigenvalue weighted by Crippen LogP contribution is 2.10. The van der Waals surface area contributed by atoms with Crippen LogP contribution in [0.15, 0.2) is 12.4 Å². The summed E-state index contributed by atoms with van der Waals surface area (Å²) in [6, 6.07) is 0. The average Bonchev–Trinajstić information content (AvgIpc) is 2.53. The second kappa shape index (κ2) is 5.29. The lowest BCUT2D eigenvalue weighted by molar-refractivity contribution is 0.199. The van der Waals surface area contributed by atoms with Gasteiger partial charge in [0.15, 0.2) is 0 Å². The molecular formula is C9H16N2OS. The third-order valence-electron chi connectivity index (χ3n) is 1.80. The average molecular weight is 200 g/mol. The lowest BCUT2D eigenvalue weighted by atomic mass is 10.2. The molecule has 1 aromatic heterocycles. The predicted octanol–water partition coefficient (Wildman–Crippen LogP) is 1.69. The zero-order valence-corrected chi connectivity index (χ0v) is 8.92. The fourth-order valence-electron chi connectivity index (χ4n) is 1.02. The molecule has 1 heterocycles. The van der Waals surface area contributed by atoms with Crippen molar-refractivity contribution in [1.82, 2.24) is 9.78 Å². The number of hydrogen-bond acceptors (Lipinski definition) is 3. The summed E-state index contributed by atoms with van der Waals surface area (Å²) in [6.45, 7) is 4.82. The SMILES string of the molecule is CCSCCn1cc(C(C)O)cn1. The first kappa shape index (κ1) is 10.6. The van der Waals surface area contributed by atoms with E-state index in [2.05, 4.69) is 12.0 Å². The molecule has 74 valence electrons. The van der Waals surface area contributed by atoms with Crippen LogP contribution in [0.1, 0.15) is 25.5 Å². The van der Waals surface area contributed by atoms with E-state index in [1.54, 1.807) is 13.1 Å². The Morgan fingerprint density at radius 2 is 2.46 bits per heavy atom. The first-order valence-electron chi connectivity index (χ1n) is 4.52. The lowest BCUT2D eigenvalue weighted by Crippen LogP contribution is -2.00. The molecule has 13 heavy (non-hydrogen) atoms. The first-order valence-corrected chi connectivity index (χ1v) is 5.67. The molecule has 0 aromatic carbocycles. The molecule has 1 atom stereocenters. The molecule has 0 aliphatic carbocycles. The van der Waals surface area contributed by atoms with Crippen molar-refractivity contribution in [3.63, 3.8) is 0 Å². The fraction of sp³-hybridized carbons (Fsp3) is 0.667. The summed E-state index contributed by atoms with van der Waals surface area (Å²) in [6.07, 6.45) is 3.22. The Morgan fingerprint density at radius 1 is 1.69 bits per heavy atom. The minimum atomic E-state index is -0.410. The maximum atomic E-state index is 9.25. The third-order valence-corrected chi connectivity index (χ3v) is 2.68. The summed E-state index contributed by atoms with van der Waals surface area (Å²) in [5.74, 6) is 2.22. The second-order valence-corrected chi connectivity index (χ2v) is 4.30. The van der Waals surface area contributed by atoms with Crippen LogP contribution >= 0.6 is 11.8 Å². The molecule has 0 radical (unpaired) electrons. The van der Waals surface area contributed by atoms with E-state index in [0.717, 1.165) is 23.6 Å². The molecule has 0 aliphatic rings. The van der Waals surface area contributed by atoms with Crippen LogP contribution in [0.2, 0.25) is 0 Å². The Kier molecular flexibility index (Phi) is 4.32. The van der Waals surface area contributed by atoms with E-state index in [0.29, 0.717) is 0 Å². The smallest absolute Gasteiger partial charge is 0.0792 e. The van der Waals surface area contributed by atoms with Crippen molar-refractivity contribution in [2.45, 2.75) is 26.5 Å². The number of aryl methyl sites for hydroxylation is 1. The molecule has 1 rings (SSSR count). The van der Waals surface area contributed by atoms with Crippen molar-refractivity contribution in [2.24, 2.45) is 0 Å². The molecule has 1 N–H and O–H groups in total. The summed E-state index contributed by atoms with van der Waals surface area (Å²) in [7, 11) is 0. The highest BCUT2D eigenvalue weighted by molar-refractivity contribution is 7.99. The number of aromatic nitrogens is 2. The van der Waals surface area contributed by atoms with Crippen LogP contribution in [0, 0.1) is 0 Å². The Morgan fingerprint density at radius 3 is 3.00 bits per heavy atom. The maximum Gasteiger partial charge on any atom is 0.0792 e. The van der Waals surface area contributed by atoms with Crippen LogP contribution in [-0.4, -0.2) is 26.4 Å². The standard InChI is InChI=1S/C9H16N2OS/c1-3-13-5-4-11-7-9(6-10-11)8(2)12/h6-8,12H,3-5H2,1-2H3. The number of aliphatic hydroxyl groups is 1. The summed E-state index contributed by atoms with van der Waals surface area (Å²) in [4.78, 5) is 0. The van der Waals surface area contributed by atoms with Crippen molar-refractivity contribution in [3.05, 3.63) is 18.0 Å². The van der Waals surface area contributed by atoms with Crippen molar-refractivity contribution >= 4 is 11.8 Å². The Bertz CT molecular complexity index is 248. The van der Waals surface area contributed by atoms with Gasteiger partial charge in [-0.05, 0) is 12.7 Å². The molecule has 0 saturated heterocycles. The normalized spacial score (nSPS) is 13.2. The van der Waals surface area contributed by atoms with Gasteiger partial charge in [-0.2, -0.15) is 16.9 Å². The van der Waals surface area contributed by atoms with Gasteiger partial charge in [0.2, 0.25) is 0 Å². The zero-order chi connectivity index (χ0) is 9.68. The van der Waals surface area contributed by atoms with Gasteiger partial charge in [-0.3, -0.25) is 4.68 Å². The van der Waals surface area contributed by atoms with E-state index in [1.807, 2.05) is 22.6 Å². The van der Waals surface area contributed by atoms with Crippen molar-refractivity contribution < 1.29 is 5.11 Å². The Labute approximate surface area is 83.1 Å². The first-order chi connectivity index (χ1) is 6.24. The van der Waals surface area contributed by atoms with Crippen LogP contribution in [0.25, 0.3) is 0 Å². The largest absolute Gasteiger partial charge is 0.389 e. The fourth-order valence-corrected chi connectivity index (χ4v) is 1.62. The van der Waals surface area contributed by atoms with Crippen LogP contribution in [-0.2, 0) is 6.54 Å². The molecule has 0 bridgehead atoms. The topological polar surface area (TPSA) is 38.0 Å². The molecule has 0 spiro atoms. The number of aliphatic hydroxyl groups excluding tert-OH is 1. The van der Waals surface area contributed by atoms with E-state index in [4.69, 9.17) is 0 Å². The summed E-state index contributed by atoms with van der Waals surface area (Å²) < 4.78 is 1.88. The molecule has 1 unspecified atom stereocenters. The molecule has 0 fully saturated rings. The van der Waals surface area contributed by atoms with Crippen LogP contribution in [0.3, 0.4) is 0 Å². The van der Waals surface area contributed by atoms with Gasteiger partial charge < -0.3 is 5.11 Å². The molecular weight excluding hydrogens is 184 g/mol. The molecule has 4 heteroatoms. The van der Waals surface area contributed by atoms with Crippen LogP contribution < -0.4 is 0 Å². The van der Waals surface area contributed by atoms with Gasteiger partial charge in [0.1, 0.15) is 0 Å². The van der Waals surface area contributed by atoms with Crippen LogP contribution in [0.4, 0.5) is 0 Å². The van der Waals surface area contributed by atoms with Gasteiger partial charge in [0.05, 0.1) is 12.3 Å². The number of thioether (sulfide) groups is 1. The number of rotatable bonds is 5. The Balaban J connectivity index is 2.40. The molecule has 0 saturated carbocycles. The summed E-state index contributed by atoms with van der Waals surface area (Å²) in [5.41, 5.74) is 0.890. The minimum Gasteiger partial charge on any atom is -0.389 e. The zero-order valence-electron chi connectivity index (χ0n) is 8.10. The van der Waals surface area contributed by atoms with Gasteiger partial charge in [-0.15, -0.1) is 0 Å².